The minimum atomic E-state index is -0.648. The summed E-state index contributed by atoms with van der Waals surface area (Å²) in [7, 11) is 0. The molecule has 0 heterocycles. The van der Waals surface area contributed by atoms with Gasteiger partial charge in [0.25, 0.3) is 0 Å². The number of halogens is 1. The number of hydrogen-bond acceptors (Lipinski definition) is 2. The van der Waals surface area contributed by atoms with E-state index in [1.54, 1.807) is 26.0 Å². The highest BCUT2D eigenvalue weighted by Gasteiger charge is 2.18. The van der Waals surface area contributed by atoms with Gasteiger partial charge in [-0.25, -0.2) is 4.39 Å². The van der Waals surface area contributed by atoms with Crippen LogP contribution in [0.2, 0.25) is 0 Å². The highest BCUT2D eigenvalue weighted by atomic mass is 19.1. The first-order valence-electron chi connectivity index (χ1n) is 5.09. The lowest BCUT2D eigenvalue weighted by Crippen LogP contribution is -2.46. The normalized spacial score (nSPS) is 11.2. The monoisotopic (exact) mass is 225 g/mol. The Morgan fingerprint density at radius 2 is 2.19 bits per heavy atom. The van der Waals surface area contributed by atoms with Crippen LogP contribution in [0, 0.1) is 5.82 Å². The molecule has 88 valence electrons. The molecule has 16 heavy (non-hydrogen) atoms. The predicted octanol–water partition coefficient (Wildman–Crippen LogP) is 1.26. The molecule has 0 spiro atoms. The highest BCUT2D eigenvalue weighted by molar-refractivity contribution is 5.79. The van der Waals surface area contributed by atoms with E-state index >= 15 is 0 Å². The summed E-state index contributed by atoms with van der Waals surface area (Å²) in [5.74, 6) is -0.587. The lowest BCUT2D eigenvalue weighted by atomic mass is 10.1. The summed E-state index contributed by atoms with van der Waals surface area (Å²) in [6.07, 6.45) is 0.112. The number of nitrogens with one attached hydrogen (secondary N) is 1. The number of hydrogen-bond donors (Lipinski definition) is 2. The van der Waals surface area contributed by atoms with Crippen molar-refractivity contribution in [2.24, 2.45) is 0 Å². The van der Waals surface area contributed by atoms with E-state index < -0.39 is 5.54 Å². The van der Waals surface area contributed by atoms with E-state index in [4.69, 9.17) is 5.11 Å². The average molecular weight is 225 g/mol. The molecule has 1 amide bonds. The minimum Gasteiger partial charge on any atom is -0.394 e. The molecule has 3 nitrogen and oxygen atoms in total. The van der Waals surface area contributed by atoms with Crippen LogP contribution in [-0.4, -0.2) is 23.2 Å². The molecule has 0 unspecified atom stereocenters. The van der Waals surface area contributed by atoms with Gasteiger partial charge < -0.3 is 10.4 Å². The third kappa shape index (κ3) is 3.98. The Morgan fingerprint density at radius 3 is 2.75 bits per heavy atom. The molecule has 0 radical (unpaired) electrons. The molecule has 0 atom stereocenters. The summed E-state index contributed by atoms with van der Waals surface area (Å²) < 4.78 is 12.8. The average Bonchev–Trinajstić information content (AvgIpc) is 2.16. The Hall–Kier alpha value is -1.42. The number of aliphatic hydroxyl groups is 1. The van der Waals surface area contributed by atoms with Crippen LogP contribution in [0.25, 0.3) is 0 Å². The SMILES string of the molecule is CC(C)(CO)NC(=O)Cc1cccc(F)c1. The number of carbonyl (C=O) groups is 1. The van der Waals surface area contributed by atoms with Crippen LogP contribution in [0.1, 0.15) is 19.4 Å². The van der Waals surface area contributed by atoms with Crippen molar-refractivity contribution in [3.8, 4) is 0 Å². The van der Waals surface area contributed by atoms with Crippen LogP contribution < -0.4 is 5.32 Å². The number of rotatable bonds is 4. The van der Waals surface area contributed by atoms with Gasteiger partial charge in [-0.15, -0.1) is 0 Å². The van der Waals surface area contributed by atoms with Crippen LogP contribution in [-0.2, 0) is 11.2 Å². The third-order valence-corrected chi connectivity index (χ3v) is 2.13. The summed E-state index contributed by atoms with van der Waals surface area (Å²) in [4.78, 5) is 11.6. The van der Waals surface area contributed by atoms with E-state index in [-0.39, 0.29) is 24.8 Å². The Labute approximate surface area is 94.3 Å². The molecular weight excluding hydrogens is 209 g/mol. The zero-order valence-corrected chi connectivity index (χ0v) is 9.46. The van der Waals surface area contributed by atoms with Gasteiger partial charge in [-0.1, -0.05) is 12.1 Å². The van der Waals surface area contributed by atoms with E-state index in [2.05, 4.69) is 5.32 Å². The molecule has 0 aliphatic carbocycles. The van der Waals surface area contributed by atoms with Gasteiger partial charge in [-0.2, -0.15) is 0 Å². The second-order valence-electron chi connectivity index (χ2n) is 4.40. The molecule has 0 bridgehead atoms. The van der Waals surface area contributed by atoms with Gasteiger partial charge in [0.15, 0.2) is 0 Å². The van der Waals surface area contributed by atoms with Crippen molar-refractivity contribution in [2.75, 3.05) is 6.61 Å². The molecule has 4 heteroatoms. The maximum absolute atomic E-state index is 12.8. The Kier molecular flexibility index (Phi) is 4.01. The second kappa shape index (κ2) is 5.07. The first-order chi connectivity index (χ1) is 7.43. The van der Waals surface area contributed by atoms with Crippen molar-refractivity contribution < 1.29 is 14.3 Å². The molecule has 1 aromatic carbocycles. The van der Waals surface area contributed by atoms with Crippen LogP contribution in [0.3, 0.4) is 0 Å². The Morgan fingerprint density at radius 1 is 1.50 bits per heavy atom. The minimum absolute atomic E-state index is 0.112. The molecule has 0 fully saturated rings. The van der Waals surface area contributed by atoms with Crippen molar-refractivity contribution in [1.82, 2.24) is 5.32 Å². The van der Waals surface area contributed by atoms with E-state index in [0.717, 1.165) is 0 Å². The zero-order chi connectivity index (χ0) is 12.2. The van der Waals surface area contributed by atoms with Gasteiger partial charge >= 0.3 is 0 Å². The first kappa shape index (κ1) is 12.6. The molecule has 0 saturated carbocycles. The fourth-order valence-electron chi connectivity index (χ4n) is 1.29. The summed E-state index contributed by atoms with van der Waals surface area (Å²) in [5.41, 5.74) is -0.0315. The van der Waals surface area contributed by atoms with Crippen molar-refractivity contribution in [2.45, 2.75) is 25.8 Å². The number of carbonyl (C=O) groups excluding carboxylic acids is 1. The number of aliphatic hydroxyl groups excluding tert-OH is 1. The van der Waals surface area contributed by atoms with E-state index in [9.17, 15) is 9.18 Å². The fraction of sp³-hybridized carbons (Fsp3) is 0.417. The molecular formula is C12H16FNO2. The van der Waals surface area contributed by atoms with Gasteiger partial charge in [0.05, 0.1) is 18.6 Å². The van der Waals surface area contributed by atoms with E-state index in [0.29, 0.717) is 5.56 Å². The fourth-order valence-corrected chi connectivity index (χ4v) is 1.29. The van der Waals surface area contributed by atoms with Crippen LogP contribution in [0.5, 0.6) is 0 Å². The smallest absolute Gasteiger partial charge is 0.224 e. The quantitative estimate of drug-likeness (QED) is 0.810. The molecule has 0 aliphatic heterocycles. The second-order valence-corrected chi connectivity index (χ2v) is 4.40. The maximum atomic E-state index is 12.8. The molecule has 1 aromatic rings. The molecule has 2 N–H and O–H groups in total. The summed E-state index contributed by atoms with van der Waals surface area (Å²) in [6.45, 7) is 3.30. The largest absolute Gasteiger partial charge is 0.394 e. The Balaban J connectivity index is 2.59. The third-order valence-electron chi connectivity index (χ3n) is 2.13. The van der Waals surface area contributed by atoms with Crippen LogP contribution in [0.15, 0.2) is 24.3 Å². The predicted molar refractivity (Wildman–Crippen MR) is 59.4 cm³/mol. The summed E-state index contributed by atoms with van der Waals surface area (Å²) in [6, 6.07) is 5.91. The van der Waals surface area contributed by atoms with Crippen molar-refractivity contribution in [3.63, 3.8) is 0 Å². The number of amides is 1. The molecule has 0 saturated heterocycles. The lowest BCUT2D eigenvalue weighted by molar-refractivity contribution is -0.122. The van der Waals surface area contributed by atoms with Crippen LogP contribution in [0.4, 0.5) is 4.39 Å². The molecule has 0 aliphatic rings. The van der Waals surface area contributed by atoms with Crippen molar-refractivity contribution in [3.05, 3.63) is 35.6 Å². The zero-order valence-electron chi connectivity index (χ0n) is 9.46. The van der Waals surface area contributed by atoms with Crippen molar-refractivity contribution >= 4 is 5.91 Å². The first-order valence-corrected chi connectivity index (χ1v) is 5.09. The Bertz CT molecular complexity index is 377. The topological polar surface area (TPSA) is 49.3 Å². The van der Waals surface area contributed by atoms with Gasteiger partial charge in [0.2, 0.25) is 5.91 Å². The number of benzene rings is 1. The standard InChI is InChI=1S/C12H16FNO2/c1-12(2,8-15)14-11(16)7-9-4-3-5-10(13)6-9/h3-6,15H,7-8H2,1-2H3,(H,14,16). The maximum Gasteiger partial charge on any atom is 0.224 e. The van der Waals surface area contributed by atoms with Gasteiger partial charge in [-0.3, -0.25) is 4.79 Å². The van der Waals surface area contributed by atoms with Gasteiger partial charge in [0, 0.05) is 0 Å². The summed E-state index contributed by atoms with van der Waals surface area (Å²) in [5, 5.41) is 11.6. The lowest BCUT2D eigenvalue weighted by Gasteiger charge is -2.23. The van der Waals surface area contributed by atoms with Crippen LogP contribution >= 0.6 is 0 Å². The molecule has 1 rings (SSSR count). The van der Waals surface area contributed by atoms with Gasteiger partial charge in [-0.05, 0) is 31.5 Å². The van der Waals surface area contributed by atoms with E-state index in [1.165, 1.54) is 12.1 Å². The summed E-state index contributed by atoms with van der Waals surface area (Å²) >= 11 is 0. The van der Waals surface area contributed by atoms with Gasteiger partial charge in [0.1, 0.15) is 5.82 Å². The highest BCUT2D eigenvalue weighted by Crippen LogP contribution is 2.06. The molecule has 0 aromatic heterocycles. The van der Waals surface area contributed by atoms with Crippen molar-refractivity contribution in [1.29, 1.82) is 0 Å². The van der Waals surface area contributed by atoms with E-state index in [1.807, 2.05) is 0 Å².